The van der Waals surface area contributed by atoms with Crippen LogP contribution in [0.4, 0.5) is 17.6 Å². The quantitative estimate of drug-likeness (QED) is 0.451. The van der Waals surface area contributed by atoms with Crippen molar-refractivity contribution >= 4 is 5.91 Å². The molecule has 0 N–H and O–H groups in total. The molecular formula is C21H15F4NO. The molecule has 27 heavy (non-hydrogen) atoms. The average molecular weight is 373 g/mol. The van der Waals surface area contributed by atoms with Gasteiger partial charge in [-0.05, 0) is 11.1 Å². The Labute approximate surface area is 153 Å². The molecule has 6 heteroatoms. The lowest BCUT2D eigenvalue weighted by atomic mass is 10.1. The lowest BCUT2D eigenvalue weighted by Crippen LogP contribution is -2.32. The molecule has 0 spiro atoms. The fourth-order valence-electron chi connectivity index (χ4n) is 2.73. The lowest BCUT2D eigenvalue weighted by molar-refractivity contribution is 0.0717. The Bertz CT molecular complexity index is 878. The fraction of sp³-hybridized carbons (Fsp3) is 0.0952. The summed E-state index contributed by atoms with van der Waals surface area (Å²) in [6, 6.07) is 17.6. The van der Waals surface area contributed by atoms with E-state index in [0.29, 0.717) is 11.1 Å². The summed E-state index contributed by atoms with van der Waals surface area (Å²) in [5.74, 6) is -7.76. The second kappa shape index (κ2) is 8.03. The minimum Gasteiger partial charge on any atom is -0.330 e. The summed E-state index contributed by atoms with van der Waals surface area (Å²) in [6.45, 7) is 0.0388. The van der Waals surface area contributed by atoms with E-state index in [-0.39, 0.29) is 19.2 Å². The summed E-state index contributed by atoms with van der Waals surface area (Å²) in [4.78, 5) is 14.0. The number of hydrogen-bond donors (Lipinski definition) is 0. The van der Waals surface area contributed by atoms with Crippen molar-refractivity contribution in [1.29, 1.82) is 0 Å². The molecule has 0 aliphatic carbocycles. The van der Waals surface area contributed by atoms with E-state index in [1.54, 1.807) is 60.7 Å². The summed E-state index contributed by atoms with van der Waals surface area (Å²) in [5, 5.41) is 0. The smallest absolute Gasteiger partial charge is 0.260 e. The van der Waals surface area contributed by atoms with E-state index < -0.39 is 34.7 Å². The highest BCUT2D eigenvalue weighted by Gasteiger charge is 2.28. The van der Waals surface area contributed by atoms with Crippen molar-refractivity contribution in [2.24, 2.45) is 0 Å². The van der Waals surface area contributed by atoms with E-state index >= 15 is 0 Å². The van der Waals surface area contributed by atoms with E-state index in [4.69, 9.17) is 0 Å². The van der Waals surface area contributed by atoms with E-state index in [2.05, 4.69) is 0 Å². The van der Waals surface area contributed by atoms with Gasteiger partial charge in [-0.1, -0.05) is 60.7 Å². The third-order valence-electron chi connectivity index (χ3n) is 4.05. The minimum absolute atomic E-state index is 0.0194. The molecule has 0 bridgehead atoms. The molecule has 0 heterocycles. The largest absolute Gasteiger partial charge is 0.330 e. The lowest BCUT2D eigenvalue weighted by Gasteiger charge is -2.24. The van der Waals surface area contributed by atoms with Gasteiger partial charge in [-0.2, -0.15) is 0 Å². The Hall–Kier alpha value is -3.15. The van der Waals surface area contributed by atoms with Crippen LogP contribution in [-0.2, 0) is 13.1 Å². The first kappa shape index (κ1) is 18.6. The molecule has 0 fully saturated rings. The molecular weight excluding hydrogens is 358 g/mol. The van der Waals surface area contributed by atoms with Gasteiger partial charge in [-0.3, -0.25) is 4.79 Å². The summed E-state index contributed by atoms with van der Waals surface area (Å²) in [7, 11) is 0. The molecule has 0 atom stereocenters. The molecule has 138 valence electrons. The van der Waals surface area contributed by atoms with Gasteiger partial charge in [0.15, 0.2) is 23.3 Å². The number of benzene rings is 3. The molecule has 0 radical (unpaired) electrons. The van der Waals surface area contributed by atoms with Gasteiger partial charge in [0.1, 0.15) is 5.56 Å². The maximum Gasteiger partial charge on any atom is 0.260 e. The highest BCUT2D eigenvalue weighted by atomic mass is 19.2. The maximum absolute atomic E-state index is 14.1. The number of halogens is 4. The van der Waals surface area contributed by atoms with Crippen LogP contribution in [0.25, 0.3) is 0 Å². The first-order valence-electron chi connectivity index (χ1n) is 8.17. The van der Waals surface area contributed by atoms with Gasteiger partial charge in [-0.25, -0.2) is 17.6 Å². The molecule has 0 saturated carbocycles. The zero-order valence-corrected chi connectivity index (χ0v) is 14.1. The zero-order chi connectivity index (χ0) is 19.4. The van der Waals surface area contributed by atoms with Crippen LogP contribution in [0.3, 0.4) is 0 Å². The summed E-state index contributed by atoms with van der Waals surface area (Å²) >= 11 is 0. The van der Waals surface area contributed by atoms with Crippen molar-refractivity contribution in [2.75, 3.05) is 0 Å². The van der Waals surface area contributed by atoms with Crippen molar-refractivity contribution in [3.63, 3.8) is 0 Å². The summed E-state index contributed by atoms with van der Waals surface area (Å²) in [5.41, 5.74) is 0.179. The van der Waals surface area contributed by atoms with Crippen molar-refractivity contribution in [2.45, 2.75) is 13.1 Å². The third kappa shape index (κ3) is 4.16. The molecule has 0 aliphatic rings. The van der Waals surface area contributed by atoms with Gasteiger partial charge < -0.3 is 4.90 Å². The molecule has 0 aliphatic heterocycles. The molecule has 0 saturated heterocycles. The van der Waals surface area contributed by atoms with Crippen molar-refractivity contribution in [3.8, 4) is 0 Å². The third-order valence-corrected chi connectivity index (χ3v) is 4.05. The molecule has 3 aromatic rings. The van der Waals surface area contributed by atoms with Gasteiger partial charge in [0.2, 0.25) is 0 Å². The SMILES string of the molecule is O=C(c1c(F)c(F)cc(F)c1F)N(Cc1ccccc1)Cc1ccccc1. The minimum atomic E-state index is -1.70. The molecule has 3 aromatic carbocycles. The molecule has 0 aromatic heterocycles. The first-order valence-corrected chi connectivity index (χ1v) is 8.17. The number of rotatable bonds is 5. The Balaban J connectivity index is 2.01. The zero-order valence-electron chi connectivity index (χ0n) is 14.1. The molecule has 3 rings (SSSR count). The second-order valence-electron chi connectivity index (χ2n) is 5.98. The Morgan fingerprint density at radius 1 is 0.704 bits per heavy atom. The van der Waals surface area contributed by atoms with Crippen molar-refractivity contribution < 1.29 is 22.4 Å². The number of hydrogen-bond acceptors (Lipinski definition) is 1. The van der Waals surface area contributed by atoms with Gasteiger partial charge in [-0.15, -0.1) is 0 Å². The van der Waals surface area contributed by atoms with Crippen LogP contribution in [0.15, 0.2) is 66.7 Å². The predicted molar refractivity (Wildman–Crippen MR) is 92.7 cm³/mol. The Morgan fingerprint density at radius 3 is 1.52 bits per heavy atom. The predicted octanol–water partition coefficient (Wildman–Crippen LogP) is 5.09. The van der Waals surface area contributed by atoms with Crippen LogP contribution in [0.5, 0.6) is 0 Å². The highest BCUT2D eigenvalue weighted by molar-refractivity contribution is 5.94. The summed E-state index contributed by atoms with van der Waals surface area (Å²) in [6.07, 6.45) is 0. The van der Waals surface area contributed by atoms with Crippen molar-refractivity contribution in [1.82, 2.24) is 4.90 Å². The first-order chi connectivity index (χ1) is 13.0. The van der Waals surface area contributed by atoms with E-state index in [1.807, 2.05) is 0 Å². The number of amides is 1. The average Bonchev–Trinajstić information content (AvgIpc) is 2.68. The number of nitrogens with zero attached hydrogens (tertiary/aromatic N) is 1. The van der Waals surface area contributed by atoms with Crippen LogP contribution in [0, 0.1) is 23.3 Å². The van der Waals surface area contributed by atoms with E-state index in [9.17, 15) is 22.4 Å². The highest BCUT2D eigenvalue weighted by Crippen LogP contribution is 2.23. The fourth-order valence-corrected chi connectivity index (χ4v) is 2.73. The monoisotopic (exact) mass is 373 g/mol. The number of carbonyl (C=O) groups is 1. The normalized spacial score (nSPS) is 10.7. The van der Waals surface area contributed by atoms with E-state index in [0.717, 1.165) is 4.90 Å². The van der Waals surface area contributed by atoms with Crippen LogP contribution in [0.2, 0.25) is 0 Å². The molecule has 2 nitrogen and oxygen atoms in total. The van der Waals surface area contributed by atoms with Gasteiger partial charge in [0.25, 0.3) is 5.91 Å². The van der Waals surface area contributed by atoms with Gasteiger partial charge >= 0.3 is 0 Å². The van der Waals surface area contributed by atoms with Crippen LogP contribution >= 0.6 is 0 Å². The number of carbonyl (C=O) groups excluding carboxylic acids is 1. The Morgan fingerprint density at radius 2 is 1.11 bits per heavy atom. The molecule has 1 amide bonds. The molecule has 0 unspecified atom stereocenters. The van der Waals surface area contributed by atoms with Gasteiger partial charge in [0, 0.05) is 19.2 Å². The van der Waals surface area contributed by atoms with Gasteiger partial charge in [0.05, 0.1) is 0 Å². The maximum atomic E-state index is 14.1. The van der Waals surface area contributed by atoms with Crippen LogP contribution < -0.4 is 0 Å². The standard InChI is InChI=1S/C21H15F4NO/c22-16-11-17(23)20(25)18(19(16)24)21(27)26(12-14-7-3-1-4-8-14)13-15-9-5-2-6-10-15/h1-11H,12-13H2. The second-order valence-corrected chi connectivity index (χ2v) is 5.98. The topological polar surface area (TPSA) is 20.3 Å². The summed E-state index contributed by atoms with van der Waals surface area (Å²) < 4.78 is 55.3. The van der Waals surface area contributed by atoms with Crippen LogP contribution in [0.1, 0.15) is 21.5 Å². The van der Waals surface area contributed by atoms with E-state index in [1.165, 1.54) is 0 Å². The Kier molecular flexibility index (Phi) is 5.54. The van der Waals surface area contributed by atoms with Crippen LogP contribution in [-0.4, -0.2) is 10.8 Å². The van der Waals surface area contributed by atoms with Crippen molar-refractivity contribution in [3.05, 3.63) is 107 Å².